The van der Waals surface area contributed by atoms with E-state index >= 15 is 0 Å². The highest BCUT2D eigenvalue weighted by Crippen LogP contribution is 2.42. The molecule has 0 atom stereocenters. The first-order chi connectivity index (χ1) is 13.6. The van der Waals surface area contributed by atoms with Crippen LogP contribution in [0, 0.1) is 18.3 Å². The summed E-state index contributed by atoms with van der Waals surface area (Å²) in [5.74, 6) is 2.47. The van der Waals surface area contributed by atoms with E-state index < -0.39 is 0 Å². The van der Waals surface area contributed by atoms with Gasteiger partial charge in [0.25, 0.3) is 0 Å². The van der Waals surface area contributed by atoms with Crippen molar-refractivity contribution in [2.45, 2.75) is 6.92 Å². The molecule has 0 aliphatic heterocycles. The number of anilines is 1. The normalized spacial score (nSPS) is 10.6. The fourth-order valence-electron chi connectivity index (χ4n) is 2.89. The van der Waals surface area contributed by atoms with Crippen molar-refractivity contribution in [3.05, 3.63) is 22.6 Å². The van der Waals surface area contributed by atoms with Crippen LogP contribution in [0.4, 0.5) is 5.82 Å². The van der Waals surface area contributed by atoms with Gasteiger partial charge in [-0.25, -0.2) is 9.97 Å². The Morgan fingerprint density at radius 1 is 1.14 bits per heavy atom. The molecule has 3 rings (SSSR count). The van der Waals surface area contributed by atoms with Crippen LogP contribution >= 0.6 is 11.3 Å². The molecule has 0 aliphatic rings. The van der Waals surface area contributed by atoms with Crippen molar-refractivity contribution in [3.8, 4) is 34.7 Å². The lowest BCUT2D eigenvalue weighted by molar-refractivity contribution is 0.311. The average Bonchev–Trinajstić information content (AvgIpc) is 3.06. The number of rotatable bonds is 7. The molecule has 0 amide bonds. The summed E-state index contributed by atoms with van der Waals surface area (Å²) >= 11 is 1.31. The van der Waals surface area contributed by atoms with Crippen molar-refractivity contribution in [2.24, 2.45) is 0 Å². The zero-order valence-electron chi connectivity index (χ0n) is 16.0. The quantitative estimate of drug-likeness (QED) is 0.623. The fraction of sp³-hybridized carbons (Fsp3) is 0.316. The third-order valence-corrected chi connectivity index (χ3v) is 5.31. The number of aromatic nitrogens is 2. The van der Waals surface area contributed by atoms with Gasteiger partial charge in [-0.05, 0) is 24.6 Å². The summed E-state index contributed by atoms with van der Waals surface area (Å²) in [5.41, 5.74) is 1.49. The molecule has 0 fully saturated rings. The Bertz CT molecular complexity index is 1030. The minimum absolute atomic E-state index is 0.0424. The number of nitrogens with one attached hydrogen (secondary N) is 1. The number of hydrogen-bond acceptors (Lipinski definition) is 9. The SMILES string of the molecule is COc1cc(-c2nc(NCCO)c3c(C)c(C#N)sc3n2)cc(OC)c1OC. The van der Waals surface area contributed by atoms with Gasteiger partial charge >= 0.3 is 0 Å². The monoisotopic (exact) mass is 400 g/mol. The van der Waals surface area contributed by atoms with Crippen LogP contribution in [0.15, 0.2) is 12.1 Å². The van der Waals surface area contributed by atoms with E-state index in [0.29, 0.717) is 50.7 Å². The highest BCUT2D eigenvalue weighted by Gasteiger charge is 2.20. The molecule has 8 nitrogen and oxygen atoms in total. The highest BCUT2D eigenvalue weighted by molar-refractivity contribution is 7.19. The van der Waals surface area contributed by atoms with Crippen molar-refractivity contribution in [1.29, 1.82) is 5.26 Å². The van der Waals surface area contributed by atoms with Gasteiger partial charge in [-0.2, -0.15) is 5.26 Å². The van der Waals surface area contributed by atoms with Gasteiger partial charge in [0.1, 0.15) is 21.6 Å². The van der Waals surface area contributed by atoms with Gasteiger partial charge in [0, 0.05) is 12.1 Å². The Kier molecular flexibility index (Phi) is 5.82. The predicted octanol–water partition coefficient (Wildman–Crippen LogP) is 2.97. The number of ether oxygens (including phenoxy) is 3. The molecule has 0 radical (unpaired) electrons. The van der Waals surface area contributed by atoms with E-state index in [1.807, 2.05) is 6.92 Å². The highest BCUT2D eigenvalue weighted by atomic mass is 32.1. The lowest BCUT2D eigenvalue weighted by atomic mass is 10.1. The Morgan fingerprint density at radius 2 is 1.82 bits per heavy atom. The summed E-state index contributed by atoms with van der Waals surface area (Å²) in [5, 5.41) is 22.5. The second-order valence-electron chi connectivity index (χ2n) is 5.81. The maximum Gasteiger partial charge on any atom is 0.203 e. The molecular weight excluding hydrogens is 380 g/mol. The first-order valence-electron chi connectivity index (χ1n) is 8.44. The van der Waals surface area contributed by atoms with Crippen LogP contribution in [-0.4, -0.2) is 49.6 Å². The molecule has 2 heterocycles. The average molecular weight is 400 g/mol. The van der Waals surface area contributed by atoms with E-state index in [9.17, 15) is 10.4 Å². The molecule has 3 aromatic rings. The molecule has 1 aromatic carbocycles. The summed E-state index contributed by atoms with van der Waals surface area (Å²) in [4.78, 5) is 10.6. The maximum absolute atomic E-state index is 9.37. The minimum Gasteiger partial charge on any atom is -0.493 e. The molecule has 0 saturated carbocycles. The summed E-state index contributed by atoms with van der Waals surface area (Å²) in [6, 6.07) is 5.73. The Morgan fingerprint density at radius 3 is 2.36 bits per heavy atom. The van der Waals surface area contributed by atoms with Gasteiger partial charge in [-0.3, -0.25) is 0 Å². The van der Waals surface area contributed by atoms with Crippen molar-refractivity contribution in [1.82, 2.24) is 9.97 Å². The number of aryl methyl sites for hydroxylation is 1. The summed E-state index contributed by atoms with van der Waals surface area (Å²) in [6.07, 6.45) is 0. The van der Waals surface area contributed by atoms with Crippen LogP contribution in [-0.2, 0) is 0 Å². The van der Waals surface area contributed by atoms with Crippen LogP contribution in [0.25, 0.3) is 21.6 Å². The number of aliphatic hydroxyl groups excluding tert-OH is 1. The number of methoxy groups -OCH3 is 3. The largest absolute Gasteiger partial charge is 0.493 e. The molecule has 28 heavy (non-hydrogen) atoms. The third-order valence-electron chi connectivity index (χ3n) is 4.22. The Hall–Kier alpha value is -3.09. The number of benzene rings is 1. The molecule has 9 heteroatoms. The van der Waals surface area contributed by atoms with E-state index in [0.717, 1.165) is 10.9 Å². The first-order valence-corrected chi connectivity index (χ1v) is 9.25. The van der Waals surface area contributed by atoms with Gasteiger partial charge in [0.2, 0.25) is 5.75 Å². The molecule has 146 valence electrons. The molecule has 0 unspecified atom stereocenters. The van der Waals surface area contributed by atoms with Gasteiger partial charge < -0.3 is 24.6 Å². The first kappa shape index (κ1) is 19.7. The molecule has 0 aliphatic carbocycles. The van der Waals surface area contributed by atoms with Gasteiger partial charge in [0.15, 0.2) is 17.3 Å². The Balaban J connectivity index is 2.25. The van der Waals surface area contributed by atoms with Crippen LogP contribution in [0.3, 0.4) is 0 Å². The zero-order chi connectivity index (χ0) is 20.3. The zero-order valence-corrected chi connectivity index (χ0v) is 16.8. The number of hydrogen-bond donors (Lipinski definition) is 2. The van der Waals surface area contributed by atoms with E-state index in [4.69, 9.17) is 14.2 Å². The number of aliphatic hydroxyl groups is 1. The minimum atomic E-state index is -0.0424. The number of nitrogens with zero attached hydrogens (tertiary/aromatic N) is 3. The van der Waals surface area contributed by atoms with E-state index in [1.165, 1.54) is 18.4 Å². The third kappa shape index (κ3) is 3.40. The van der Waals surface area contributed by atoms with Gasteiger partial charge in [0.05, 0.1) is 33.3 Å². The van der Waals surface area contributed by atoms with Crippen molar-refractivity contribution in [2.75, 3.05) is 39.8 Å². The second kappa shape index (κ2) is 8.29. The fourth-order valence-corrected chi connectivity index (χ4v) is 3.87. The molecular formula is C19H20N4O4S. The van der Waals surface area contributed by atoms with Gasteiger partial charge in [-0.15, -0.1) is 11.3 Å². The van der Waals surface area contributed by atoms with Gasteiger partial charge in [-0.1, -0.05) is 0 Å². The molecule has 2 aromatic heterocycles. The topological polar surface area (TPSA) is 110 Å². The lowest BCUT2D eigenvalue weighted by Crippen LogP contribution is -2.08. The summed E-state index contributed by atoms with van der Waals surface area (Å²) < 4.78 is 16.2. The number of thiophene rings is 1. The van der Waals surface area contributed by atoms with Crippen molar-refractivity contribution in [3.63, 3.8) is 0 Å². The molecule has 2 N–H and O–H groups in total. The number of nitriles is 1. The standard InChI is InChI=1S/C19H20N4O4S/c1-10-14(9-20)28-19-15(10)18(21-5-6-24)22-17(23-19)11-7-12(25-2)16(27-4)13(8-11)26-3/h7-8,24H,5-6H2,1-4H3,(H,21,22,23). The molecule has 0 bridgehead atoms. The van der Waals surface area contributed by atoms with Crippen molar-refractivity contribution >= 4 is 27.4 Å². The predicted molar refractivity (Wildman–Crippen MR) is 108 cm³/mol. The van der Waals surface area contributed by atoms with Crippen LogP contribution in [0.1, 0.15) is 10.4 Å². The summed E-state index contributed by atoms with van der Waals surface area (Å²) in [6.45, 7) is 2.15. The summed E-state index contributed by atoms with van der Waals surface area (Å²) in [7, 11) is 4.62. The smallest absolute Gasteiger partial charge is 0.203 e. The van der Waals surface area contributed by atoms with Crippen LogP contribution < -0.4 is 19.5 Å². The molecule has 0 saturated heterocycles. The van der Waals surface area contributed by atoms with E-state index in [2.05, 4.69) is 21.4 Å². The van der Waals surface area contributed by atoms with Crippen molar-refractivity contribution < 1.29 is 19.3 Å². The molecule has 0 spiro atoms. The lowest BCUT2D eigenvalue weighted by Gasteiger charge is -2.14. The van der Waals surface area contributed by atoms with E-state index in [1.54, 1.807) is 26.4 Å². The van der Waals surface area contributed by atoms with Crippen LogP contribution in [0.5, 0.6) is 17.2 Å². The Labute approximate surface area is 166 Å². The maximum atomic E-state index is 9.37. The van der Waals surface area contributed by atoms with Crippen LogP contribution in [0.2, 0.25) is 0 Å². The second-order valence-corrected chi connectivity index (χ2v) is 6.81. The van der Waals surface area contributed by atoms with E-state index in [-0.39, 0.29) is 6.61 Å². The number of fused-ring (bicyclic) bond motifs is 1.